The van der Waals surface area contributed by atoms with Gasteiger partial charge in [-0.05, 0) is 32.4 Å². The maximum atomic E-state index is 6.29. The van der Waals surface area contributed by atoms with E-state index in [2.05, 4.69) is 23.6 Å². The number of nitrogens with zero attached hydrogens (tertiary/aromatic N) is 2. The van der Waals surface area contributed by atoms with Crippen LogP contribution < -0.4 is 5.73 Å². The molecule has 0 aromatic rings. The molecule has 1 saturated heterocycles. The third-order valence-corrected chi connectivity index (χ3v) is 4.77. The Morgan fingerprint density at radius 3 is 2.47 bits per heavy atom. The molecule has 0 radical (unpaired) electrons. The fraction of sp³-hybridized carbons (Fsp3) is 1.00. The van der Waals surface area contributed by atoms with Crippen LogP contribution in [0.5, 0.6) is 0 Å². The number of rotatable bonds is 4. The topological polar surface area (TPSA) is 32.5 Å². The Morgan fingerprint density at radius 2 is 1.82 bits per heavy atom. The molecule has 1 aliphatic heterocycles. The van der Waals surface area contributed by atoms with Gasteiger partial charge in [0.1, 0.15) is 0 Å². The zero-order valence-electron chi connectivity index (χ0n) is 11.6. The molecule has 17 heavy (non-hydrogen) atoms. The standard InChI is InChI=1S/C14H29N3/c1-3-16(4-2)12-9-10-17(11-12)14-8-6-5-7-13(14)15/h12-14H,3-11,15H2,1-2H3. The summed E-state index contributed by atoms with van der Waals surface area (Å²) in [6.07, 6.45) is 6.62. The summed E-state index contributed by atoms with van der Waals surface area (Å²) in [6.45, 7) is 9.44. The number of likely N-dealkylation sites (N-methyl/N-ethyl adjacent to an activating group) is 1. The van der Waals surface area contributed by atoms with Gasteiger partial charge in [0.25, 0.3) is 0 Å². The Kier molecular flexibility index (Phi) is 4.83. The molecule has 2 rings (SSSR count). The SMILES string of the molecule is CCN(CC)C1CCN(C2CCCCC2N)C1. The zero-order valence-corrected chi connectivity index (χ0v) is 11.6. The molecule has 0 aromatic carbocycles. The molecule has 3 unspecified atom stereocenters. The van der Waals surface area contributed by atoms with Gasteiger partial charge in [-0.2, -0.15) is 0 Å². The van der Waals surface area contributed by atoms with Gasteiger partial charge in [0.05, 0.1) is 0 Å². The van der Waals surface area contributed by atoms with Crippen LogP contribution in [0.2, 0.25) is 0 Å². The predicted octanol–water partition coefficient (Wildman–Crippen LogP) is 1.67. The maximum Gasteiger partial charge on any atom is 0.0247 e. The third kappa shape index (κ3) is 3.01. The van der Waals surface area contributed by atoms with E-state index in [1.54, 1.807) is 0 Å². The summed E-state index contributed by atoms with van der Waals surface area (Å²) in [7, 11) is 0. The van der Waals surface area contributed by atoms with Crippen molar-refractivity contribution in [1.29, 1.82) is 0 Å². The first-order chi connectivity index (χ1) is 8.26. The lowest BCUT2D eigenvalue weighted by Gasteiger charge is -2.36. The minimum Gasteiger partial charge on any atom is -0.326 e. The summed E-state index contributed by atoms with van der Waals surface area (Å²) >= 11 is 0. The maximum absolute atomic E-state index is 6.29. The van der Waals surface area contributed by atoms with Gasteiger partial charge in [0, 0.05) is 31.2 Å². The summed E-state index contributed by atoms with van der Waals surface area (Å²) in [5, 5.41) is 0. The van der Waals surface area contributed by atoms with Crippen molar-refractivity contribution in [2.45, 2.75) is 64.1 Å². The normalized spacial score (nSPS) is 35.6. The van der Waals surface area contributed by atoms with Crippen molar-refractivity contribution < 1.29 is 0 Å². The van der Waals surface area contributed by atoms with Gasteiger partial charge >= 0.3 is 0 Å². The average molecular weight is 239 g/mol. The molecule has 0 amide bonds. The summed E-state index contributed by atoms with van der Waals surface area (Å²) in [5.41, 5.74) is 6.29. The van der Waals surface area contributed by atoms with Crippen molar-refractivity contribution in [3.05, 3.63) is 0 Å². The number of hydrogen-bond donors (Lipinski definition) is 1. The highest BCUT2D eigenvalue weighted by Crippen LogP contribution is 2.26. The molecule has 1 saturated carbocycles. The van der Waals surface area contributed by atoms with Crippen molar-refractivity contribution in [3.8, 4) is 0 Å². The van der Waals surface area contributed by atoms with Crippen molar-refractivity contribution in [3.63, 3.8) is 0 Å². The Morgan fingerprint density at radius 1 is 1.12 bits per heavy atom. The van der Waals surface area contributed by atoms with Crippen LogP contribution in [0.25, 0.3) is 0 Å². The molecule has 3 nitrogen and oxygen atoms in total. The van der Waals surface area contributed by atoms with Gasteiger partial charge in [-0.15, -0.1) is 0 Å². The van der Waals surface area contributed by atoms with Crippen LogP contribution in [-0.2, 0) is 0 Å². The van der Waals surface area contributed by atoms with E-state index < -0.39 is 0 Å². The predicted molar refractivity (Wildman–Crippen MR) is 73.1 cm³/mol. The van der Waals surface area contributed by atoms with E-state index in [0.717, 1.165) is 6.04 Å². The van der Waals surface area contributed by atoms with E-state index in [1.165, 1.54) is 58.3 Å². The lowest BCUT2D eigenvalue weighted by atomic mass is 9.90. The minimum absolute atomic E-state index is 0.430. The van der Waals surface area contributed by atoms with Crippen LogP contribution in [0.1, 0.15) is 46.0 Å². The summed E-state index contributed by atoms with van der Waals surface area (Å²) < 4.78 is 0. The van der Waals surface area contributed by atoms with Gasteiger partial charge in [-0.3, -0.25) is 9.80 Å². The number of hydrogen-bond acceptors (Lipinski definition) is 3. The van der Waals surface area contributed by atoms with E-state index in [-0.39, 0.29) is 0 Å². The molecule has 1 heterocycles. The molecular weight excluding hydrogens is 210 g/mol. The second-order valence-electron chi connectivity index (χ2n) is 5.67. The van der Waals surface area contributed by atoms with Gasteiger partial charge in [-0.25, -0.2) is 0 Å². The van der Waals surface area contributed by atoms with Crippen molar-refractivity contribution in [2.75, 3.05) is 26.2 Å². The first kappa shape index (κ1) is 13.3. The van der Waals surface area contributed by atoms with E-state index in [4.69, 9.17) is 5.73 Å². The van der Waals surface area contributed by atoms with Crippen LogP contribution in [0.15, 0.2) is 0 Å². The summed E-state index contributed by atoms with van der Waals surface area (Å²) in [6, 6.07) is 1.88. The molecule has 3 atom stereocenters. The monoisotopic (exact) mass is 239 g/mol. The lowest BCUT2D eigenvalue weighted by Crippen LogP contribution is -2.49. The third-order valence-electron chi connectivity index (χ3n) is 4.77. The van der Waals surface area contributed by atoms with Crippen LogP contribution in [-0.4, -0.2) is 54.1 Å². The van der Waals surface area contributed by atoms with Crippen LogP contribution in [0.3, 0.4) is 0 Å². The molecule has 100 valence electrons. The highest BCUT2D eigenvalue weighted by atomic mass is 15.3. The van der Waals surface area contributed by atoms with Crippen molar-refractivity contribution in [1.82, 2.24) is 9.80 Å². The molecule has 3 heteroatoms. The first-order valence-corrected chi connectivity index (χ1v) is 7.50. The molecular formula is C14H29N3. The lowest BCUT2D eigenvalue weighted by molar-refractivity contribution is 0.147. The van der Waals surface area contributed by atoms with Crippen LogP contribution >= 0.6 is 0 Å². The highest BCUT2D eigenvalue weighted by molar-refractivity contribution is 4.92. The van der Waals surface area contributed by atoms with Gasteiger partial charge in [-0.1, -0.05) is 26.7 Å². The van der Waals surface area contributed by atoms with Gasteiger partial charge in [0.15, 0.2) is 0 Å². The first-order valence-electron chi connectivity index (χ1n) is 7.50. The fourth-order valence-corrected chi connectivity index (χ4v) is 3.70. The van der Waals surface area contributed by atoms with E-state index in [0.29, 0.717) is 12.1 Å². The Hall–Kier alpha value is -0.120. The Balaban J connectivity index is 1.88. The smallest absolute Gasteiger partial charge is 0.0247 e. The van der Waals surface area contributed by atoms with Gasteiger partial charge < -0.3 is 5.73 Å². The molecule has 0 aromatic heterocycles. The summed E-state index contributed by atoms with van der Waals surface area (Å²) in [4.78, 5) is 5.28. The Labute approximate surface area is 106 Å². The molecule has 2 fully saturated rings. The molecule has 1 aliphatic carbocycles. The van der Waals surface area contributed by atoms with E-state index >= 15 is 0 Å². The molecule has 0 bridgehead atoms. The number of nitrogens with two attached hydrogens (primary N) is 1. The molecule has 0 spiro atoms. The largest absolute Gasteiger partial charge is 0.326 e. The minimum atomic E-state index is 0.430. The van der Waals surface area contributed by atoms with E-state index in [1.807, 2.05) is 0 Å². The highest BCUT2D eigenvalue weighted by Gasteiger charge is 2.34. The van der Waals surface area contributed by atoms with Crippen LogP contribution in [0, 0.1) is 0 Å². The van der Waals surface area contributed by atoms with Gasteiger partial charge in [0.2, 0.25) is 0 Å². The second-order valence-corrected chi connectivity index (χ2v) is 5.67. The fourth-order valence-electron chi connectivity index (χ4n) is 3.70. The summed E-state index contributed by atoms with van der Waals surface area (Å²) in [5.74, 6) is 0. The van der Waals surface area contributed by atoms with Crippen molar-refractivity contribution in [2.24, 2.45) is 5.73 Å². The van der Waals surface area contributed by atoms with Crippen LogP contribution in [0.4, 0.5) is 0 Å². The quantitative estimate of drug-likeness (QED) is 0.810. The number of likely N-dealkylation sites (tertiary alicyclic amines) is 1. The second kappa shape index (κ2) is 6.17. The van der Waals surface area contributed by atoms with Crippen molar-refractivity contribution >= 4 is 0 Å². The average Bonchev–Trinajstić information content (AvgIpc) is 2.81. The van der Waals surface area contributed by atoms with E-state index in [9.17, 15) is 0 Å². The molecule has 2 N–H and O–H groups in total. The molecule has 2 aliphatic rings. The Bertz CT molecular complexity index is 228. The zero-order chi connectivity index (χ0) is 12.3.